The highest BCUT2D eigenvalue weighted by atomic mass is 16.6. The maximum Gasteiger partial charge on any atom is 0.309 e. The van der Waals surface area contributed by atoms with E-state index >= 15 is 0 Å². The highest BCUT2D eigenvalue weighted by molar-refractivity contribution is 5.75. The van der Waals surface area contributed by atoms with Crippen molar-refractivity contribution in [3.8, 4) is 0 Å². The fourth-order valence-corrected chi connectivity index (χ4v) is 4.68. The van der Waals surface area contributed by atoms with Crippen LogP contribution in [0, 0.1) is 27.4 Å². The van der Waals surface area contributed by atoms with Crippen LogP contribution in [0.3, 0.4) is 0 Å². The lowest BCUT2D eigenvalue weighted by atomic mass is 9.47. The lowest BCUT2D eigenvalue weighted by molar-refractivity contribution is -0.590. The van der Waals surface area contributed by atoms with Crippen LogP contribution in [0.4, 0.5) is 0 Å². The van der Waals surface area contributed by atoms with E-state index in [-0.39, 0.29) is 23.2 Å². The topological polar surface area (TPSA) is 80.4 Å². The lowest BCUT2D eigenvalue weighted by Crippen LogP contribution is -2.61. The number of hydrogen-bond acceptors (Lipinski definition) is 3. The maximum absolute atomic E-state index is 11.4. The molecule has 0 aromatic heterocycles. The first-order valence-electron chi connectivity index (χ1n) is 5.84. The predicted octanol–water partition coefficient (Wildman–Crippen LogP) is 1.69. The van der Waals surface area contributed by atoms with E-state index < -0.39 is 16.9 Å². The molecule has 0 aromatic rings. The van der Waals surface area contributed by atoms with E-state index in [0.29, 0.717) is 25.7 Å². The first-order valence-corrected chi connectivity index (χ1v) is 5.84. The van der Waals surface area contributed by atoms with Gasteiger partial charge in [-0.2, -0.15) is 0 Å². The third-order valence-electron chi connectivity index (χ3n) is 4.87. The minimum atomic E-state index is -0.914. The van der Waals surface area contributed by atoms with Gasteiger partial charge in [0.15, 0.2) is 0 Å². The average molecular weight is 225 g/mol. The largest absolute Gasteiger partial charge is 0.481 e. The van der Waals surface area contributed by atoms with E-state index in [1.165, 1.54) is 0 Å². The van der Waals surface area contributed by atoms with Crippen molar-refractivity contribution < 1.29 is 14.8 Å². The Morgan fingerprint density at radius 2 is 1.81 bits per heavy atom. The quantitative estimate of drug-likeness (QED) is 0.572. The van der Waals surface area contributed by atoms with Gasteiger partial charge in [-0.3, -0.25) is 14.9 Å². The van der Waals surface area contributed by atoms with Gasteiger partial charge in [0.1, 0.15) is 0 Å². The van der Waals surface area contributed by atoms with E-state index in [0.717, 1.165) is 6.42 Å². The van der Waals surface area contributed by atoms with Crippen molar-refractivity contribution >= 4 is 5.97 Å². The number of rotatable bonds is 2. The summed E-state index contributed by atoms with van der Waals surface area (Å²) in [6.07, 6.45) is 3.79. The van der Waals surface area contributed by atoms with Crippen LogP contribution in [-0.4, -0.2) is 21.5 Å². The molecule has 0 aromatic carbocycles. The summed E-state index contributed by atoms with van der Waals surface area (Å²) in [6, 6.07) is 0. The number of carbonyl (C=O) groups is 1. The second kappa shape index (κ2) is 2.76. The second-order valence-corrected chi connectivity index (χ2v) is 6.03. The van der Waals surface area contributed by atoms with Crippen LogP contribution < -0.4 is 0 Å². The van der Waals surface area contributed by atoms with Gasteiger partial charge < -0.3 is 5.11 Å². The van der Waals surface area contributed by atoms with Crippen molar-refractivity contribution in [2.75, 3.05) is 0 Å². The average Bonchev–Trinajstić information content (AvgIpc) is 2.14. The Bertz CT molecular complexity index is 332. The standard InChI is InChI=1S/C11H15NO4/c13-9(14)10-2-7-1-8(3-10)5-11(4-7,6-10)12(15)16/h7-8H,1-6H2,(H,13,14)/t7-,8+,10?,11?. The van der Waals surface area contributed by atoms with Crippen LogP contribution in [-0.2, 0) is 4.79 Å². The van der Waals surface area contributed by atoms with Gasteiger partial charge in [0.25, 0.3) is 0 Å². The zero-order chi connectivity index (χ0) is 11.6. The van der Waals surface area contributed by atoms with Crippen LogP contribution >= 0.6 is 0 Å². The molecule has 0 radical (unpaired) electrons. The van der Waals surface area contributed by atoms with Crippen molar-refractivity contribution in [2.24, 2.45) is 17.3 Å². The van der Waals surface area contributed by atoms with Gasteiger partial charge in [-0.15, -0.1) is 0 Å². The fraction of sp³-hybridized carbons (Fsp3) is 0.909. The molecule has 4 aliphatic rings. The van der Waals surface area contributed by atoms with Gasteiger partial charge in [0.2, 0.25) is 5.54 Å². The van der Waals surface area contributed by atoms with E-state index in [2.05, 4.69) is 0 Å². The van der Waals surface area contributed by atoms with Crippen LogP contribution in [0.25, 0.3) is 0 Å². The molecular weight excluding hydrogens is 210 g/mol. The summed E-state index contributed by atoms with van der Waals surface area (Å²) in [5.41, 5.74) is -1.69. The Kier molecular flexibility index (Phi) is 1.73. The highest BCUT2D eigenvalue weighted by Gasteiger charge is 2.66. The summed E-state index contributed by atoms with van der Waals surface area (Å²) < 4.78 is 0. The van der Waals surface area contributed by atoms with Crippen molar-refractivity contribution in [3.63, 3.8) is 0 Å². The van der Waals surface area contributed by atoms with Gasteiger partial charge in [0.05, 0.1) is 5.41 Å². The molecule has 88 valence electrons. The lowest BCUT2D eigenvalue weighted by Gasteiger charge is -2.55. The Morgan fingerprint density at radius 1 is 1.25 bits per heavy atom. The molecule has 4 saturated carbocycles. The summed E-state index contributed by atoms with van der Waals surface area (Å²) in [4.78, 5) is 22.4. The van der Waals surface area contributed by atoms with Crippen LogP contribution in [0.1, 0.15) is 38.5 Å². The van der Waals surface area contributed by atoms with Crippen molar-refractivity contribution in [1.82, 2.24) is 0 Å². The van der Waals surface area contributed by atoms with Crippen molar-refractivity contribution in [2.45, 2.75) is 44.1 Å². The third-order valence-corrected chi connectivity index (χ3v) is 4.87. The van der Waals surface area contributed by atoms with Crippen LogP contribution in [0.2, 0.25) is 0 Å². The zero-order valence-corrected chi connectivity index (χ0v) is 9.02. The molecular formula is C11H15NO4. The molecule has 0 aliphatic heterocycles. The van der Waals surface area contributed by atoms with Crippen molar-refractivity contribution in [3.05, 3.63) is 10.1 Å². The number of nitrogens with zero attached hydrogens (tertiary/aromatic N) is 1. The predicted molar refractivity (Wildman–Crippen MR) is 54.5 cm³/mol. The first-order chi connectivity index (χ1) is 7.46. The van der Waals surface area contributed by atoms with E-state index in [1.807, 2.05) is 0 Å². The minimum Gasteiger partial charge on any atom is -0.481 e. The van der Waals surface area contributed by atoms with Crippen LogP contribution in [0.5, 0.6) is 0 Å². The number of nitro groups is 1. The monoisotopic (exact) mass is 225 g/mol. The van der Waals surface area contributed by atoms with Gasteiger partial charge >= 0.3 is 5.97 Å². The molecule has 0 spiro atoms. The minimum absolute atomic E-state index is 0.192. The molecule has 4 bridgehead atoms. The smallest absolute Gasteiger partial charge is 0.309 e. The number of carboxylic acids is 1. The van der Waals surface area contributed by atoms with Gasteiger partial charge in [-0.05, 0) is 31.1 Å². The number of hydrogen-bond donors (Lipinski definition) is 1. The normalized spacial score (nSPS) is 49.2. The molecule has 4 atom stereocenters. The fourth-order valence-electron chi connectivity index (χ4n) is 4.68. The number of aliphatic carboxylic acids is 1. The van der Waals surface area contributed by atoms with Gasteiger partial charge in [-0.25, -0.2) is 0 Å². The zero-order valence-electron chi connectivity index (χ0n) is 9.02. The molecule has 0 amide bonds. The summed E-state index contributed by atoms with van der Waals surface area (Å²) in [6.45, 7) is 0. The molecule has 0 heterocycles. The molecule has 1 N–H and O–H groups in total. The Hall–Kier alpha value is -1.13. The Morgan fingerprint density at radius 3 is 2.25 bits per heavy atom. The molecule has 4 rings (SSSR count). The van der Waals surface area contributed by atoms with E-state index in [9.17, 15) is 20.0 Å². The summed E-state index contributed by atoms with van der Waals surface area (Å²) >= 11 is 0. The highest BCUT2D eigenvalue weighted by Crippen LogP contribution is 2.62. The van der Waals surface area contributed by atoms with Gasteiger partial charge in [0, 0.05) is 24.2 Å². The molecule has 16 heavy (non-hydrogen) atoms. The summed E-state index contributed by atoms with van der Waals surface area (Å²) in [7, 11) is 0. The second-order valence-electron chi connectivity index (χ2n) is 6.03. The van der Waals surface area contributed by atoms with E-state index in [4.69, 9.17) is 0 Å². The van der Waals surface area contributed by atoms with Crippen molar-refractivity contribution in [1.29, 1.82) is 0 Å². The molecule has 2 unspecified atom stereocenters. The van der Waals surface area contributed by atoms with Gasteiger partial charge in [-0.1, -0.05) is 0 Å². The SMILES string of the molecule is O=C(O)C12C[C@H]3C[C@@H](C1)CC([N+](=O)[O-])(C3)C2. The van der Waals surface area contributed by atoms with E-state index in [1.54, 1.807) is 0 Å². The molecule has 4 fully saturated rings. The third kappa shape index (κ3) is 1.09. The molecule has 4 aliphatic carbocycles. The maximum atomic E-state index is 11.4. The Labute approximate surface area is 93.0 Å². The molecule has 5 heteroatoms. The number of carboxylic acid groups (broad SMARTS) is 1. The molecule has 5 nitrogen and oxygen atoms in total. The van der Waals surface area contributed by atoms with Crippen LogP contribution in [0.15, 0.2) is 0 Å². The first kappa shape index (κ1) is 10.1. The summed E-state index contributed by atoms with van der Waals surface area (Å²) in [5.74, 6) is -0.279. The Balaban J connectivity index is 2.03. The summed E-state index contributed by atoms with van der Waals surface area (Å²) in [5, 5.41) is 20.6. The molecule has 0 saturated heterocycles.